The van der Waals surface area contributed by atoms with Gasteiger partial charge in [0.05, 0.1) is 23.3 Å². The van der Waals surface area contributed by atoms with Crippen LogP contribution in [0.15, 0.2) is 60.8 Å². The molecule has 1 aromatic heterocycles. The van der Waals surface area contributed by atoms with E-state index in [4.69, 9.17) is 0 Å². The topological polar surface area (TPSA) is 62.3 Å². The van der Waals surface area contributed by atoms with Crippen LogP contribution in [0.1, 0.15) is 17.5 Å². The van der Waals surface area contributed by atoms with E-state index in [0.717, 1.165) is 16.5 Å². The maximum Gasteiger partial charge on any atom is 0.229 e. The van der Waals surface area contributed by atoms with E-state index in [0.29, 0.717) is 18.8 Å². The van der Waals surface area contributed by atoms with Crippen molar-refractivity contribution in [1.29, 1.82) is 0 Å². The number of likely N-dealkylation sites (tertiary alicyclic amines) is 1. The average Bonchev–Trinajstić information content (AvgIpc) is 3.04. The molecule has 0 bridgehead atoms. The van der Waals surface area contributed by atoms with E-state index in [1.807, 2.05) is 61.5 Å². The van der Waals surface area contributed by atoms with E-state index in [-0.39, 0.29) is 24.2 Å². The summed E-state index contributed by atoms with van der Waals surface area (Å²) < 4.78 is 0. The quantitative estimate of drug-likeness (QED) is 0.775. The summed E-state index contributed by atoms with van der Waals surface area (Å²) >= 11 is 0. The molecular weight excluding hydrogens is 338 g/mol. The summed E-state index contributed by atoms with van der Waals surface area (Å²) in [6, 6.07) is 17.8. The van der Waals surface area contributed by atoms with Gasteiger partial charge in [-0.1, -0.05) is 48.0 Å². The second-order valence-electron chi connectivity index (χ2n) is 7.07. The maximum absolute atomic E-state index is 12.6. The second kappa shape index (κ2) is 7.19. The van der Waals surface area contributed by atoms with Crippen molar-refractivity contribution in [3.63, 3.8) is 0 Å². The number of carbonyl (C=O) groups excluding carboxylic acids is 2. The summed E-state index contributed by atoms with van der Waals surface area (Å²) in [6.45, 7) is 3.02. The predicted molar refractivity (Wildman–Crippen MR) is 105 cm³/mol. The van der Waals surface area contributed by atoms with Crippen molar-refractivity contribution < 1.29 is 9.59 Å². The third-order valence-electron chi connectivity index (χ3n) is 4.94. The molecule has 136 valence electrons. The molecule has 0 radical (unpaired) electrons. The highest BCUT2D eigenvalue weighted by Crippen LogP contribution is 2.23. The smallest absolute Gasteiger partial charge is 0.229 e. The zero-order valence-corrected chi connectivity index (χ0v) is 15.2. The largest absolute Gasteiger partial charge is 0.338 e. The molecule has 2 heterocycles. The highest BCUT2D eigenvalue weighted by Gasteiger charge is 2.34. The highest BCUT2D eigenvalue weighted by atomic mass is 16.2. The van der Waals surface area contributed by atoms with Crippen LogP contribution in [-0.2, 0) is 16.1 Å². The Hall–Kier alpha value is -3.21. The fourth-order valence-corrected chi connectivity index (χ4v) is 3.40. The van der Waals surface area contributed by atoms with E-state index in [1.165, 1.54) is 5.56 Å². The molecule has 1 aliphatic rings. The first-order chi connectivity index (χ1) is 13.1. The number of hydrogen-bond donors (Lipinski definition) is 1. The number of nitrogens with one attached hydrogen (secondary N) is 1. The predicted octanol–water partition coefficient (Wildman–Crippen LogP) is 3.53. The fraction of sp³-hybridized carbons (Fsp3) is 0.227. The van der Waals surface area contributed by atoms with Crippen LogP contribution in [0.2, 0.25) is 0 Å². The molecule has 5 nitrogen and oxygen atoms in total. The molecule has 2 aromatic carbocycles. The molecule has 2 amide bonds. The molecule has 5 heteroatoms. The van der Waals surface area contributed by atoms with Gasteiger partial charge in [0.2, 0.25) is 11.8 Å². The van der Waals surface area contributed by atoms with Gasteiger partial charge in [0.25, 0.3) is 0 Å². The summed E-state index contributed by atoms with van der Waals surface area (Å²) in [5.41, 5.74) is 3.81. The molecular formula is C22H21N3O2. The Kier molecular flexibility index (Phi) is 4.59. The summed E-state index contributed by atoms with van der Waals surface area (Å²) in [6.07, 6.45) is 1.90. The van der Waals surface area contributed by atoms with E-state index in [1.54, 1.807) is 11.1 Å². The van der Waals surface area contributed by atoms with Crippen LogP contribution in [0.4, 0.5) is 5.69 Å². The third kappa shape index (κ3) is 3.82. The molecule has 1 saturated heterocycles. The van der Waals surface area contributed by atoms with Crippen LogP contribution in [0.25, 0.3) is 10.9 Å². The Balaban J connectivity index is 1.41. The van der Waals surface area contributed by atoms with Crippen molar-refractivity contribution in [3.8, 4) is 0 Å². The first-order valence-corrected chi connectivity index (χ1v) is 9.07. The van der Waals surface area contributed by atoms with Gasteiger partial charge in [-0.25, -0.2) is 0 Å². The van der Waals surface area contributed by atoms with E-state index in [9.17, 15) is 9.59 Å². The minimum atomic E-state index is -0.339. The maximum atomic E-state index is 12.6. The number of aryl methyl sites for hydroxylation is 1. The molecule has 4 rings (SSSR count). The molecule has 1 fully saturated rings. The van der Waals surface area contributed by atoms with Gasteiger partial charge in [-0.05, 0) is 24.6 Å². The minimum Gasteiger partial charge on any atom is -0.338 e. The van der Waals surface area contributed by atoms with E-state index >= 15 is 0 Å². The highest BCUT2D eigenvalue weighted by molar-refractivity contribution is 5.98. The second-order valence-corrected chi connectivity index (χ2v) is 7.07. The van der Waals surface area contributed by atoms with Crippen molar-refractivity contribution >= 4 is 28.4 Å². The first-order valence-electron chi connectivity index (χ1n) is 9.07. The summed E-state index contributed by atoms with van der Waals surface area (Å²) in [5.74, 6) is -0.450. The number of fused-ring (bicyclic) bond motifs is 1. The number of benzene rings is 2. The van der Waals surface area contributed by atoms with Gasteiger partial charge in [-0.15, -0.1) is 0 Å². The fourth-order valence-electron chi connectivity index (χ4n) is 3.40. The number of amides is 2. The average molecular weight is 359 g/mol. The van der Waals surface area contributed by atoms with Gasteiger partial charge in [-0.2, -0.15) is 0 Å². The molecule has 27 heavy (non-hydrogen) atoms. The van der Waals surface area contributed by atoms with Crippen LogP contribution >= 0.6 is 0 Å². The number of carbonyl (C=O) groups is 2. The van der Waals surface area contributed by atoms with Gasteiger partial charge < -0.3 is 10.2 Å². The number of rotatable bonds is 4. The lowest BCUT2D eigenvalue weighted by Crippen LogP contribution is -2.28. The number of para-hydroxylation sites is 1. The van der Waals surface area contributed by atoms with Gasteiger partial charge in [0.1, 0.15) is 0 Å². The third-order valence-corrected chi connectivity index (χ3v) is 4.94. The molecule has 0 spiro atoms. The lowest BCUT2D eigenvalue weighted by molar-refractivity contribution is -0.128. The first kappa shape index (κ1) is 17.2. The van der Waals surface area contributed by atoms with Crippen molar-refractivity contribution in [1.82, 2.24) is 9.88 Å². The number of pyridine rings is 1. The van der Waals surface area contributed by atoms with Crippen molar-refractivity contribution in [2.45, 2.75) is 19.9 Å². The van der Waals surface area contributed by atoms with Gasteiger partial charge in [0.15, 0.2) is 0 Å². The molecule has 1 N–H and O–H groups in total. The van der Waals surface area contributed by atoms with Gasteiger partial charge in [-0.3, -0.25) is 14.6 Å². The standard InChI is InChI=1S/C22H21N3O2/c1-15-6-8-16(9-7-15)13-25-14-18(11-21(25)26)22(27)24-19-10-17-4-2-3-5-20(17)23-12-19/h2-10,12,18H,11,13-14H2,1H3,(H,24,27). The summed E-state index contributed by atoms with van der Waals surface area (Å²) in [5, 5.41) is 3.88. The van der Waals surface area contributed by atoms with Crippen LogP contribution in [0.5, 0.6) is 0 Å². The molecule has 1 unspecified atom stereocenters. The number of hydrogen-bond acceptors (Lipinski definition) is 3. The van der Waals surface area contributed by atoms with E-state index < -0.39 is 0 Å². The normalized spacial score (nSPS) is 16.7. The Bertz CT molecular complexity index is 998. The summed E-state index contributed by atoms with van der Waals surface area (Å²) in [7, 11) is 0. The Morgan fingerprint density at radius 1 is 1.19 bits per heavy atom. The number of anilines is 1. The molecule has 1 atom stereocenters. The molecule has 0 saturated carbocycles. The van der Waals surface area contributed by atoms with E-state index in [2.05, 4.69) is 10.3 Å². The Morgan fingerprint density at radius 3 is 2.78 bits per heavy atom. The Labute approximate surface area is 158 Å². The SMILES string of the molecule is Cc1ccc(CN2CC(C(=O)Nc3cnc4ccccc4c3)CC2=O)cc1. The molecule has 1 aliphatic heterocycles. The zero-order valence-electron chi connectivity index (χ0n) is 15.2. The zero-order chi connectivity index (χ0) is 18.8. The summed E-state index contributed by atoms with van der Waals surface area (Å²) in [4.78, 5) is 31.1. The van der Waals surface area contributed by atoms with Crippen LogP contribution in [-0.4, -0.2) is 28.2 Å². The Morgan fingerprint density at radius 2 is 1.96 bits per heavy atom. The lowest BCUT2D eigenvalue weighted by Gasteiger charge is -2.17. The number of nitrogens with zero attached hydrogens (tertiary/aromatic N) is 2. The van der Waals surface area contributed by atoms with Crippen molar-refractivity contribution in [2.75, 3.05) is 11.9 Å². The van der Waals surface area contributed by atoms with Crippen LogP contribution < -0.4 is 5.32 Å². The number of aromatic nitrogens is 1. The van der Waals surface area contributed by atoms with Gasteiger partial charge in [0, 0.05) is 24.9 Å². The lowest BCUT2D eigenvalue weighted by atomic mass is 10.1. The van der Waals surface area contributed by atoms with Crippen molar-refractivity contribution in [3.05, 3.63) is 71.9 Å². The monoisotopic (exact) mass is 359 g/mol. The molecule has 0 aliphatic carbocycles. The van der Waals surface area contributed by atoms with Gasteiger partial charge >= 0.3 is 0 Å². The molecule has 3 aromatic rings. The van der Waals surface area contributed by atoms with Crippen molar-refractivity contribution in [2.24, 2.45) is 5.92 Å². The van der Waals surface area contributed by atoms with Crippen LogP contribution in [0, 0.1) is 12.8 Å². The minimum absolute atomic E-state index is 0.0207. The van der Waals surface area contributed by atoms with Crippen LogP contribution in [0.3, 0.4) is 0 Å².